The highest BCUT2D eigenvalue weighted by atomic mass is 35.5. The number of carboxylic acids is 1. The highest BCUT2D eigenvalue weighted by molar-refractivity contribution is 6.34. The van der Waals surface area contributed by atoms with Gasteiger partial charge in [-0.05, 0) is 13.0 Å². The van der Waals surface area contributed by atoms with Crippen LogP contribution in [0.15, 0.2) is 18.2 Å². The zero-order valence-electron chi connectivity index (χ0n) is 14.1. The van der Waals surface area contributed by atoms with E-state index in [0.717, 1.165) is 6.07 Å². The number of nitro benzene ring substituents is 1. The van der Waals surface area contributed by atoms with E-state index in [0.29, 0.717) is 0 Å². The quantitative estimate of drug-likeness (QED) is 0.422. The Bertz CT molecular complexity index is 725. The molecule has 0 aliphatic carbocycles. The van der Waals surface area contributed by atoms with Gasteiger partial charge < -0.3 is 20.5 Å². The molecule has 0 aromatic heterocycles. The number of benzene rings is 1. The minimum Gasteiger partial charge on any atom is -0.481 e. The Morgan fingerprint density at radius 2 is 2.04 bits per heavy atom. The molecule has 0 radical (unpaired) electrons. The first kappa shape index (κ1) is 21.3. The molecule has 0 fully saturated rings. The van der Waals surface area contributed by atoms with Crippen LogP contribution in [0.5, 0.6) is 0 Å². The first-order chi connectivity index (χ1) is 12.1. The fourth-order valence-corrected chi connectivity index (χ4v) is 2.56. The maximum atomic E-state index is 12.2. The van der Waals surface area contributed by atoms with Crippen LogP contribution in [-0.4, -0.2) is 53.6 Å². The van der Waals surface area contributed by atoms with E-state index in [2.05, 4.69) is 10.6 Å². The van der Waals surface area contributed by atoms with Crippen LogP contribution in [0.2, 0.25) is 5.02 Å². The van der Waals surface area contributed by atoms with Gasteiger partial charge >= 0.3 is 5.97 Å². The second-order valence-corrected chi connectivity index (χ2v) is 6.09. The van der Waals surface area contributed by atoms with Gasteiger partial charge in [0.1, 0.15) is 5.56 Å². The van der Waals surface area contributed by atoms with Crippen molar-refractivity contribution in [2.75, 3.05) is 20.3 Å². The van der Waals surface area contributed by atoms with E-state index in [1.165, 1.54) is 26.2 Å². The largest absolute Gasteiger partial charge is 0.481 e. The maximum absolute atomic E-state index is 12.2. The highest BCUT2D eigenvalue weighted by Crippen LogP contribution is 2.25. The van der Waals surface area contributed by atoms with Gasteiger partial charge in [-0.2, -0.15) is 0 Å². The summed E-state index contributed by atoms with van der Waals surface area (Å²) in [5, 5.41) is 24.5. The number of rotatable bonds is 9. The van der Waals surface area contributed by atoms with E-state index in [1.54, 1.807) is 0 Å². The van der Waals surface area contributed by atoms with Crippen molar-refractivity contribution in [2.45, 2.75) is 18.9 Å². The van der Waals surface area contributed by atoms with Crippen molar-refractivity contribution >= 4 is 35.1 Å². The molecule has 10 nitrogen and oxygen atoms in total. The molecule has 142 valence electrons. The van der Waals surface area contributed by atoms with Crippen LogP contribution in [0, 0.1) is 10.1 Å². The molecular weight excluding hydrogens is 370 g/mol. The summed E-state index contributed by atoms with van der Waals surface area (Å²) >= 11 is 5.84. The summed E-state index contributed by atoms with van der Waals surface area (Å²) in [6.45, 7) is 0.887. The number of carbonyl (C=O) groups is 3. The molecule has 1 unspecified atom stereocenters. The van der Waals surface area contributed by atoms with Crippen LogP contribution in [-0.2, 0) is 14.3 Å². The normalized spacial score (nSPS) is 12.7. The van der Waals surface area contributed by atoms with E-state index in [1.807, 2.05) is 0 Å². The van der Waals surface area contributed by atoms with Gasteiger partial charge in [-0.3, -0.25) is 24.5 Å². The lowest BCUT2D eigenvalue weighted by atomic mass is 9.99. The molecule has 1 aromatic carbocycles. The molecule has 1 aromatic rings. The summed E-state index contributed by atoms with van der Waals surface area (Å²) < 4.78 is 4.90. The summed E-state index contributed by atoms with van der Waals surface area (Å²) in [6.07, 6.45) is -0.392. The number of methoxy groups -OCH3 is 1. The van der Waals surface area contributed by atoms with Gasteiger partial charge in [0.05, 0.1) is 35.1 Å². The number of carbonyl (C=O) groups excluding carboxylic acids is 2. The lowest BCUT2D eigenvalue weighted by molar-refractivity contribution is -0.385. The molecule has 2 amide bonds. The van der Waals surface area contributed by atoms with Crippen LogP contribution >= 0.6 is 11.6 Å². The molecule has 3 N–H and O–H groups in total. The molecule has 0 aliphatic heterocycles. The van der Waals surface area contributed by atoms with Crippen molar-refractivity contribution in [3.8, 4) is 0 Å². The lowest BCUT2D eigenvalue weighted by Gasteiger charge is -2.28. The van der Waals surface area contributed by atoms with E-state index >= 15 is 0 Å². The van der Waals surface area contributed by atoms with Crippen LogP contribution in [0.25, 0.3) is 0 Å². The Labute approximate surface area is 153 Å². The summed E-state index contributed by atoms with van der Waals surface area (Å²) in [5.74, 6) is -2.72. The second kappa shape index (κ2) is 9.11. The summed E-state index contributed by atoms with van der Waals surface area (Å²) in [4.78, 5) is 45.3. The molecule has 11 heteroatoms. The summed E-state index contributed by atoms with van der Waals surface area (Å²) in [6, 6.07) is 3.75. The van der Waals surface area contributed by atoms with Crippen LogP contribution in [0.4, 0.5) is 5.69 Å². The third kappa shape index (κ3) is 5.97. The number of nitrogens with one attached hydrogen (secondary N) is 2. The smallest absolute Gasteiger partial charge is 0.305 e. The molecule has 0 saturated carbocycles. The molecule has 0 aliphatic rings. The summed E-state index contributed by atoms with van der Waals surface area (Å²) in [5.41, 5.74) is -2.04. The number of carboxylic acid groups (broad SMARTS) is 1. The molecule has 0 heterocycles. The molecule has 0 spiro atoms. The Balaban J connectivity index is 2.80. The molecule has 1 atom stereocenters. The fourth-order valence-electron chi connectivity index (χ4n) is 2.30. The predicted octanol–water partition coefficient (Wildman–Crippen LogP) is 0.974. The molecule has 0 bridgehead atoms. The fraction of sp³-hybridized carbons (Fsp3) is 0.400. The number of ether oxygens (including phenoxy) is 1. The highest BCUT2D eigenvalue weighted by Gasteiger charge is 2.30. The van der Waals surface area contributed by atoms with Crippen LogP contribution in [0.3, 0.4) is 0 Å². The Morgan fingerprint density at radius 1 is 1.38 bits per heavy atom. The molecule has 26 heavy (non-hydrogen) atoms. The average molecular weight is 388 g/mol. The standard InChI is InChI=1S/C15H18ClN3O7/c1-15(8-26-2,6-12(21)22)18-11(20)7-17-14(23)13-9(16)4-3-5-10(13)19(24)25/h3-5H,6-8H2,1-2H3,(H,17,23)(H,18,20)(H,21,22). The van der Waals surface area contributed by atoms with Crippen molar-refractivity contribution < 1.29 is 29.2 Å². The Hall–Kier alpha value is -2.72. The average Bonchev–Trinajstić information content (AvgIpc) is 2.51. The molecule has 0 saturated heterocycles. The van der Waals surface area contributed by atoms with E-state index in [4.69, 9.17) is 21.4 Å². The van der Waals surface area contributed by atoms with Gasteiger partial charge in [-0.1, -0.05) is 17.7 Å². The zero-order chi connectivity index (χ0) is 19.9. The minimum atomic E-state index is -1.18. The second-order valence-electron chi connectivity index (χ2n) is 5.69. The van der Waals surface area contributed by atoms with Gasteiger partial charge in [-0.25, -0.2) is 0 Å². The number of nitro groups is 1. The van der Waals surface area contributed by atoms with E-state index in [-0.39, 0.29) is 17.2 Å². The number of hydrogen-bond acceptors (Lipinski definition) is 6. The third-order valence-corrected chi connectivity index (χ3v) is 3.59. The summed E-state index contributed by atoms with van der Waals surface area (Å²) in [7, 11) is 1.35. The number of nitrogens with zero attached hydrogens (tertiary/aromatic N) is 1. The van der Waals surface area contributed by atoms with Crippen molar-refractivity contribution in [2.24, 2.45) is 0 Å². The van der Waals surface area contributed by atoms with Crippen molar-refractivity contribution in [3.63, 3.8) is 0 Å². The Kier molecular flexibility index (Phi) is 7.47. The molecular formula is C15H18ClN3O7. The van der Waals surface area contributed by atoms with Crippen LogP contribution in [0.1, 0.15) is 23.7 Å². The molecule has 1 rings (SSSR count). The number of halogens is 1. The number of amides is 2. The van der Waals surface area contributed by atoms with Gasteiger partial charge in [0, 0.05) is 13.2 Å². The minimum absolute atomic E-state index is 0.0605. The van der Waals surface area contributed by atoms with Gasteiger partial charge in [0.15, 0.2) is 0 Å². The van der Waals surface area contributed by atoms with Crippen molar-refractivity contribution in [3.05, 3.63) is 38.9 Å². The van der Waals surface area contributed by atoms with Gasteiger partial charge in [-0.15, -0.1) is 0 Å². The topological polar surface area (TPSA) is 148 Å². The van der Waals surface area contributed by atoms with Crippen LogP contribution < -0.4 is 10.6 Å². The van der Waals surface area contributed by atoms with Gasteiger partial charge in [0.2, 0.25) is 5.91 Å². The number of aliphatic carboxylic acids is 1. The number of hydrogen-bond donors (Lipinski definition) is 3. The van der Waals surface area contributed by atoms with Gasteiger partial charge in [0.25, 0.3) is 11.6 Å². The van der Waals surface area contributed by atoms with Crippen molar-refractivity contribution in [1.29, 1.82) is 0 Å². The maximum Gasteiger partial charge on any atom is 0.305 e. The predicted molar refractivity (Wildman–Crippen MR) is 91.1 cm³/mol. The van der Waals surface area contributed by atoms with Crippen molar-refractivity contribution in [1.82, 2.24) is 10.6 Å². The zero-order valence-corrected chi connectivity index (χ0v) is 14.8. The monoisotopic (exact) mass is 387 g/mol. The lowest BCUT2D eigenvalue weighted by Crippen LogP contribution is -2.53. The SMILES string of the molecule is COCC(C)(CC(=O)O)NC(=O)CNC(=O)c1c(Cl)cccc1[N+](=O)[O-]. The van der Waals surface area contributed by atoms with E-state index < -0.39 is 46.9 Å². The first-order valence-electron chi connectivity index (χ1n) is 7.32. The third-order valence-electron chi connectivity index (χ3n) is 3.27. The first-order valence-corrected chi connectivity index (χ1v) is 7.70. The Morgan fingerprint density at radius 3 is 2.58 bits per heavy atom. The van der Waals surface area contributed by atoms with E-state index in [9.17, 15) is 24.5 Å².